The van der Waals surface area contributed by atoms with E-state index in [9.17, 15) is 24.6 Å². The zero-order valence-electron chi connectivity index (χ0n) is 24.6. The zero-order chi connectivity index (χ0) is 29.1. The van der Waals surface area contributed by atoms with Crippen LogP contribution in [-0.2, 0) is 20.8 Å². The number of aliphatic hydroxyl groups is 2. The van der Waals surface area contributed by atoms with Gasteiger partial charge in [-0.25, -0.2) is 0 Å². The van der Waals surface area contributed by atoms with Gasteiger partial charge in [0.25, 0.3) is 0 Å². The molecule has 1 aromatic rings. The maximum Gasteiger partial charge on any atom is 0.243 e. The molecule has 5 atom stereocenters. The number of benzene rings is 1. The van der Waals surface area contributed by atoms with Gasteiger partial charge in [-0.15, -0.1) is 0 Å². The standard InChI is InChI=1S/C31H50N4O5/c1-4-5-16-32-28(38)23(2)21-27(37)26(22-25-12-7-6-8-13-25)33-29(39)24(3)35-19-15-31(30(35)40)14-11-18-34(31)17-9-10-20-36/h6-8,12-13,23-24,26-27,36-37H,4-5,9-11,14-22H2,1-3H3,(H,32,38)(H,33,39)/t23-,24+,26+,27+,31+/m1/s1. The molecule has 9 heteroatoms. The van der Waals surface area contributed by atoms with Gasteiger partial charge in [-0.05, 0) is 76.9 Å². The van der Waals surface area contributed by atoms with Gasteiger partial charge in [-0.3, -0.25) is 19.3 Å². The summed E-state index contributed by atoms with van der Waals surface area (Å²) in [6, 6.07) is 8.39. The van der Waals surface area contributed by atoms with Crippen LogP contribution >= 0.6 is 0 Å². The van der Waals surface area contributed by atoms with Gasteiger partial charge in [-0.1, -0.05) is 50.6 Å². The average molecular weight is 559 g/mol. The highest BCUT2D eigenvalue weighted by Gasteiger charge is 2.54. The fourth-order valence-electron chi connectivity index (χ4n) is 6.14. The number of carbonyl (C=O) groups is 3. The molecular formula is C31H50N4O5. The largest absolute Gasteiger partial charge is 0.396 e. The van der Waals surface area contributed by atoms with Crippen LogP contribution in [0.25, 0.3) is 0 Å². The molecule has 0 saturated carbocycles. The van der Waals surface area contributed by atoms with Crippen molar-refractivity contribution < 1.29 is 24.6 Å². The summed E-state index contributed by atoms with van der Waals surface area (Å²) in [5.41, 5.74) is 0.424. The van der Waals surface area contributed by atoms with Crippen LogP contribution in [0.2, 0.25) is 0 Å². The Morgan fingerprint density at radius 2 is 1.80 bits per heavy atom. The Morgan fingerprint density at radius 1 is 1.05 bits per heavy atom. The van der Waals surface area contributed by atoms with Gasteiger partial charge >= 0.3 is 0 Å². The van der Waals surface area contributed by atoms with Gasteiger partial charge in [0.15, 0.2) is 0 Å². The molecule has 0 unspecified atom stereocenters. The topological polar surface area (TPSA) is 122 Å². The number of amides is 3. The van der Waals surface area contributed by atoms with Crippen molar-refractivity contribution >= 4 is 17.7 Å². The Hall–Kier alpha value is -2.49. The molecule has 4 N–H and O–H groups in total. The molecule has 1 aromatic carbocycles. The van der Waals surface area contributed by atoms with E-state index in [1.807, 2.05) is 30.3 Å². The van der Waals surface area contributed by atoms with Crippen LogP contribution in [0.3, 0.4) is 0 Å². The smallest absolute Gasteiger partial charge is 0.243 e. The predicted octanol–water partition coefficient (Wildman–Crippen LogP) is 2.25. The Morgan fingerprint density at radius 3 is 2.50 bits per heavy atom. The summed E-state index contributed by atoms with van der Waals surface area (Å²) in [5.74, 6) is -0.790. The van der Waals surface area contributed by atoms with E-state index in [1.165, 1.54) is 0 Å². The second-order valence-electron chi connectivity index (χ2n) is 11.6. The number of hydrogen-bond donors (Lipinski definition) is 4. The maximum atomic E-state index is 13.7. The molecule has 2 aliphatic heterocycles. The van der Waals surface area contributed by atoms with Gasteiger partial charge in [0.1, 0.15) is 11.6 Å². The van der Waals surface area contributed by atoms with Crippen LogP contribution in [-0.4, -0.2) is 94.2 Å². The molecule has 0 aromatic heterocycles. The van der Waals surface area contributed by atoms with E-state index in [-0.39, 0.29) is 30.7 Å². The van der Waals surface area contributed by atoms with Crippen LogP contribution in [0.5, 0.6) is 0 Å². The van der Waals surface area contributed by atoms with E-state index < -0.39 is 29.6 Å². The highest BCUT2D eigenvalue weighted by molar-refractivity contribution is 5.94. The molecular weight excluding hydrogens is 508 g/mol. The molecule has 2 heterocycles. The summed E-state index contributed by atoms with van der Waals surface area (Å²) in [6.45, 7) is 8.54. The van der Waals surface area contributed by atoms with Crippen molar-refractivity contribution in [1.29, 1.82) is 0 Å². The van der Waals surface area contributed by atoms with Gasteiger partial charge in [0.2, 0.25) is 17.7 Å². The van der Waals surface area contributed by atoms with E-state index in [1.54, 1.807) is 18.7 Å². The number of hydrogen-bond acceptors (Lipinski definition) is 6. The minimum absolute atomic E-state index is 0.00850. The third-order valence-electron chi connectivity index (χ3n) is 8.69. The first kappa shape index (κ1) is 32.0. The monoisotopic (exact) mass is 558 g/mol. The third kappa shape index (κ3) is 8.04. The summed E-state index contributed by atoms with van der Waals surface area (Å²) >= 11 is 0. The van der Waals surface area contributed by atoms with Crippen LogP contribution in [0.4, 0.5) is 0 Å². The predicted molar refractivity (Wildman–Crippen MR) is 155 cm³/mol. The minimum atomic E-state index is -0.930. The van der Waals surface area contributed by atoms with Crippen molar-refractivity contribution in [2.24, 2.45) is 5.92 Å². The Balaban J connectivity index is 1.66. The van der Waals surface area contributed by atoms with Gasteiger partial charge < -0.3 is 25.7 Å². The summed E-state index contributed by atoms with van der Waals surface area (Å²) in [4.78, 5) is 43.7. The average Bonchev–Trinajstić information content (AvgIpc) is 3.51. The molecule has 1 spiro atoms. The number of rotatable bonds is 16. The lowest BCUT2D eigenvalue weighted by Crippen LogP contribution is -2.56. The highest BCUT2D eigenvalue weighted by atomic mass is 16.3. The first-order valence-electron chi connectivity index (χ1n) is 15.2. The number of nitrogens with one attached hydrogen (secondary N) is 2. The summed E-state index contributed by atoms with van der Waals surface area (Å²) in [6.07, 6.45) is 5.61. The molecule has 2 aliphatic rings. The lowest BCUT2D eigenvalue weighted by atomic mass is 9.93. The van der Waals surface area contributed by atoms with Gasteiger partial charge in [0, 0.05) is 25.6 Å². The highest BCUT2D eigenvalue weighted by Crippen LogP contribution is 2.39. The first-order valence-corrected chi connectivity index (χ1v) is 15.2. The third-order valence-corrected chi connectivity index (χ3v) is 8.69. The molecule has 9 nitrogen and oxygen atoms in total. The Bertz CT molecular complexity index is 960. The number of unbranched alkanes of at least 4 members (excludes halogenated alkanes) is 2. The minimum Gasteiger partial charge on any atom is -0.396 e. The summed E-state index contributed by atoms with van der Waals surface area (Å²) < 4.78 is 0. The molecule has 3 rings (SSSR count). The lowest BCUT2D eigenvalue weighted by Gasteiger charge is -2.35. The SMILES string of the molecule is CCCCNC(=O)[C@H](C)C[C@H](O)[C@H](Cc1ccccc1)NC(=O)[C@H](C)N1CC[C@@]2(CCCN2CCCCO)C1=O. The summed E-state index contributed by atoms with van der Waals surface area (Å²) in [5, 5.41) is 26.3. The number of nitrogens with zero attached hydrogens (tertiary/aromatic N) is 2. The molecule has 3 amide bonds. The van der Waals surface area contributed by atoms with Crippen molar-refractivity contribution in [2.75, 3.05) is 32.8 Å². The lowest BCUT2D eigenvalue weighted by molar-refractivity contribution is -0.143. The van der Waals surface area contributed by atoms with Crippen LogP contribution < -0.4 is 10.6 Å². The number of aliphatic hydroxyl groups excluding tert-OH is 2. The molecule has 224 valence electrons. The second kappa shape index (κ2) is 15.5. The van der Waals surface area contributed by atoms with Gasteiger partial charge in [-0.2, -0.15) is 0 Å². The van der Waals surface area contributed by atoms with Crippen molar-refractivity contribution in [1.82, 2.24) is 20.4 Å². The summed E-state index contributed by atoms with van der Waals surface area (Å²) in [7, 11) is 0. The first-order chi connectivity index (χ1) is 19.2. The zero-order valence-corrected chi connectivity index (χ0v) is 24.6. The van der Waals surface area contributed by atoms with E-state index in [0.717, 1.165) is 50.8 Å². The number of carbonyl (C=O) groups excluding carboxylic acids is 3. The number of likely N-dealkylation sites (tertiary alicyclic amines) is 2. The second-order valence-corrected chi connectivity index (χ2v) is 11.6. The van der Waals surface area contributed by atoms with Crippen molar-refractivity contribution in [3.63, 3.8) is 0 Å². The van der Waals surface area contributed by atoms with Gasteiger partial charge in [0.05, 0.1) is 12.1 Å². The fourth-order valence-corrected chi connectivity index (χ4v) is 6.14. The normalized spacial score (nSPS) is 22.3. The Kier molecular flexibility index (Phi) is 12.4. The van der Waals surface area contributed by atoms with E-state index >= 15 is 0 Å². The fraction of sp³-hybridized carbons (Fsp3) is 0.710. The molecule has 2 saturated heterocycles. The van der Waals surface area contributed by atoms with Crippen LogP contribution in [0.1, 0.15) is 77.7 Å². The van der Waals surface area contributed by atoms with E-state index in [0.29, 0.717) is 32.4 Å². The quantitative estimate of drug-likeness (QED) is 0.231. The van der Waals surface area contributed by atoms with E-state index in [4.69, 9.17) is 0 Å². The van der Waals surface area contributed by atoms with Crippen molar-refractivity contribution in [3.8, 4) is 0 Å². The van der Waals surface area contributed by atoms with E-state index in [2.05, 4.69) is 22.5 Å². The van der Waals surface area contributed by atoms with Crippen LogP contribution in [0.15, 0.2) is 30.3 Å². The van der Waals surface area contributed by atoms with Crippen molar-refractivity contribution in [3.05, 3.63) is 35.9 Å². The molecule has 0 aliphatic carbocycles. The van der Waals surface area contributed by atoms with Crippen LogP contribution in [0, 0.1) is 5.92 Å². The maximum absolute atomic E-state index is 13.7. The molecule has 40 heavy (non-hydrogen) atoms. The Labute approximate surface area is 239 Å². The molecule has 2 fully saturated rings. The molecule has 0 bridgehead atoms. The van der Waals surface area contributed by atoms with Crippen molar-refractivity contribution in [2.45, 2.75) is 102 Å². The molecule has 0 radical (unpaired) electrons.